The molecule has 0 spiro atoms. The van der Waals surface area contributed by atoms with Gasteiger partial charge in [-0.25, -0.2) is 14.0 Å². The monoisotopic (exact) mass is 457 g/mol. The zero-order valence-electron chi connectivity index (χ0n) is 18.6. The Hall–Kier alpha value is -2.90. The fourth-order valence-corrected chi connectivity index (χ4v) is 4.21. The van der Waals surface area contributed by atoms with E-state index in [-0.39, 0.29) is 5.82 Å². The third-order valence-corrected chi connectivity index (χ3v) is 5.84. The molecule has 0 saturated heterocycles. The van der Waals surface area contributed by atoms with Crippen LogP contribution in [0.2, 0.25) is 0 Å². The number of carboxylic acid groups (broad SMARTS) is 2. The number of rotatable bonds is 6. The minimum Gasteiger partial charge on any atom is -0.478 e. The van der Waals surface area contributed by atoms with Crippen molar-refractivity contribution in [1.29, 1.82) is 0 Å². The molecule has 7 heteroatoms. The summed E-state index contributed by atoms with van der Waals surface area (Å²) in [7, 11) is 4.17. The molecule has 0 aromatic heterocycles. The van der Waals surface area contributed by atoms with Crippen LogP contribution >= 0.6 is 11.8 Å². The van der Waals surface area contributed by atoms with E-state index in [0.29, 0.717) is 18.1 Å². The Morgan fingerprint density at radius 2 is 1.66 bits per heavy atom. The van der Waals surface area contributed by atoms with Crippen LogP contribution < -0.4 is 0 Å². The Morgan fingerprint density at radius 3 is 2.22 bits per heavy atom. The standard InChI is InChI=1S/C21H24FNS.C4H4O4/c1-14(2)15-7-10-20-19(12-15)17(6-5-11-23(3)4)18-9-8-16(22)13-21(18)24-20;5-3(6)1-2-4(7)8/h6-10,12-14H,5,11H2,1-4H3;1-2H,(H,5,6)(H,7,8)/b17-6-;2-1-. The summed E-state index contributed by atoms with van der Waals surface area (Å²) in [6.07, 6.45) is 4.40. The van der Waals surface area contributed by atoms with E-state index in [0.717, 1.165) is 23.4 Å². The molecule has 5 nitrogen and oxygen atoms in total. The quantitative estimate of drug-likeness (QED) is 0.476. The van der Waals surface area contributed by atoms with Crippen molar-refractivity contribution in [1.82, 2.24) is 4.90 Å². The van der Waals surface area contributed by atoms with Gasteiger partial charge in [0, 0.05) is 28.5 Å². The summed E-state index contributed by atoms with van der Waals surface area (Å²) in [6, 6.07) is 11.8. The van der Waals surface area contributed by atoms with Gasteiger partial charge in [-0.15, -0.1) is 0 Å². The van der Waals surface area contributed by atoms with Crippen molar-refractivity contribution in [3.05, 3.63) is 77.1 Å². The smallest absolute Gasteiger partial charge is 0.328 e. The lowest BCUT2D eigenvalue weighted by molar-refractivity contribution is -0.134. The molecule has 0 atom stereocenters. The predicted octanol–water partition coefficient (Wildman–Crippen LogP) is 5.51. The molecule has 1 aliphatic heterocycles. The van der Waals surface area contributed by atoms with Gasteiger partial charge in [0.05, 0.1) is 0 Å². The van der Waals surface area contributed by atoms with Crippen molar-refractivity contribution in [2.45, 2.75) is 36.0 Å². The van der Waals surface area contributed by atoms with Gasteiger partial charge in [0.1, 0.15) is 5.82 Å². The first kappa shape index (κ1) is 25.4. The van der Waals surface area contributed by atoms with Gasteiger partial charge < -0.3 is 15.1 Å². The number of hydrogen-bond donors (Lipinski definition) is 2. The highest BCUT2D eigenvalue weighted by atomic mass is 32.2. The van der Waals surface area contributed by atoms with Gasteiger partial charge in [-0.3, -0.25) is 0 Å². The van der Waals surface area contributed by atoms with E-state index in [1.54, 1.807) is 23.9 Å². The first-order chi connectivity index (χ1) is 15.1. The summed E-state index contributed by atoms with van der Waals surface area (Å²) in [5.74, 6) is -2.19. The summed E-state index contributed by atoms with van der Waals surface area (Å²) < 4.78 is 13.7. The van der Waals surface area contributed by atoms with E-state index in [4.69, 9.17) is 10.2 Å². The number of hydrogen-bond acceptors (Lipinski definition) is 4. The highest BCUT2D eigenvalue weighted by Gasteiger charge is 2.22. The van der Waals surface area contributed by atoms with Gasteiger partial charge in [-0.05, 0) is 73.0 Å². The highest BCUT2D eigenvalue weighted by Crippen LogP contribution is 2.46. The maximum atomic E-state index is 13.7. The van der Waals surface area contributed by atoms with Crippen LogP contribution in [-0.2, 0) is 9.59 Å². The van der Waals surface area contributed by atoms with Crippen molar-refractivity contribution in [2.24, 2.45) is 0 Å². The van der Waals surface area contributed by atoms with Crippen molar-refractivity contribution < 1.29 is 24.2 Å². The van der Waals surface area contributed by atoms with Gasteiger partial charge in [0.2, 0.25) is 0 Å². The Bertz CT molecular complexity index is 1030. The van der Waals surface area contributed by atoms with Crippen LogP contribution in [0, 0.1) is 5.82 Å². The van der Waals surface area contributed by atoms with Crippen LogP contribution in [0.4, 0.5) is 4.39 Å². The van der Waals surface area contributed by atoms with Crippen LogP contribution in [0.3, 0.4) is 0 Å². The second kappa shape index (κ2) is 11.6. The first-order valence-corrected chi connectivity index (χ1v) is 11.0. The van der Waals surface area contributed by atoms with E-state index < -0.39 is 11.9 Å². The van der Waals surface area contributed by atoms with Crippen molar-refractivity contribution in [2.75, 3.05) is 20.6 Å². The molecule has 0 radical (unpaired) electrons. The molecule has 3 rings (SSSR count). The lowest BCUT2D eigenvalue weighted by Gasteiger charge is -2.24. The van der Waals surface area contributed by atoms with Gasteiger partial charge in [0.15, 0.2) is 0 Å². The van der Waals surface area contributed by atoms with E-state index >= 15 is 0 Å². The maximum absolute atomic E-state index is 13.7. The lowest BCUT2D eigenvalue weighted by atomic mass is 9.92. The molecule has 0 saturated carbocycles. The van der Waals surface area contributed by atoms with Crippen molar-refractivity contribution >= 4 is 29.3 Å². The predicted molar refractivity (Wildman–Crippen MR) is 126 cm³/mol. The Kier molecular flexibility index (Phi) is 9.23. The molecule has 2 N–H and O–H groups in total. The number of halogens is 1. The van der Waals surface area contributed by atoms with E-state index in [9.17, 15) is 14.0 Å². The minimum absolute atomic E-state index is 0.170. The third kappa shape index (κ3) is 7.35. The van der Waals surface area contributed by atoms with Gasteiger partial charge in [-0.1, -0.05) is 43.8 Å². The number of nitrogens with zero attached hydrogens (tertiary/aromatic N) is 1. The van der Waals surface area contributed by atoms with E-state index in [2.05, 4.69) is 57.1 Å². The Labute approximate surface area is 192 Å². The molecule has 170 valence electrons. The molecule has 1 heterocycles. The molecule has 0 aliphatic carbocycles. The zero-order valence-corrected chi connectivity index (χ0v) is 19.4. The second-order valence-corrected chi connectivity index (χ2v) is 8.96. The van der Waals surface area contributed by atoms with E-state index in [1.807, 2.05) is 6.07 Å². The van der Waals surface area contributed by atoms with Crippen molar-refractivity contribution in [3.63, 3.8) is 0 Å². The molecule has 2 aromatic rings. The number of benzene rings is 2. The molecule has 0 unspecified atom stereocenters. The summed E-state index contributed by atoms with van der Waals surface area (Å²) in [4.78, 5) is 23.5. The SMILES string of the molecule is CC(C)c1ccc2c(c1)/C(=C\CCN(C)C)c1ccc(F)cc1S2.O=C(O)/C=C\C(=O)O. The van der Waals surface area contributed by atoms with Crippen LogP contribution in [0.25, 0.3) is 5.57 Å². The van der Waals surface area contributed by atoms with Gasteiger partial charge in [0.25, 0.3) is 0 Å². The van der Waals surface area contributed by atoms with Gasteiger partial charge >= 0.3 is 11.9 Å². The Balaban J connectivity index is 0.000000390. The summed E-state index contributed by atoms with van der Waals surface area (Å²) in [6.45, 7) is 5.44. The van der Waals surface area contributed by atoms with Crippen LogP contribution in [0.5, 0.6) is 0 Å². The fourth-order valence-electron chi connectivity index (χ4n) is 3.10. The molecular weight excluding hydrogens is 429 g/mol. The minimum atomic E-state index is -1.26. The third-order valence-electron chi connectivity index (χ3n) is 4.71. The Morgan fingerprint density at radius 1 is 1.00 bits per heavy atom. The summed E-state index contributed by atoms with van der Waals surface area (Å²) in [5, 5.41) is 15.6. The molecule has 2 aromatic carbocycles. The van der Waals surface area contributed by atoms with Crippen LogP contribution in [-0.4, -0.2) is 47.7 Å². The summed E-state index contributed by atoms with van der Waals surface area (Å²) >= 11 is 1.67. The largest absolute Gasteiger partial charge is 0.478 e. The number of carboxylic acids is 2. The average Bonchev–Trinajstić information content (AvgIpc) is 2.71. The van der Waals surface area contributed by atoms with Gasteiger partial charge in [-0.2, -0.15) is 0 Å². The molecule has 0 bridgehead atoms. The number of carbonyl (C=O) groups is 2. The first-order valence-electron chi connectivity index (χ1n) is 10.2. The fraction of sp³-hybridized carbons (Fsp3) is 0.280. The maximum Gasteiger partial charge on any atom is 0.328 e. The van der Waals surface area contributed by atoms with Crippen molar-refractivity contribution in [3.8, 4) is 0 Å². The summed E-state index contributed by atoms with van der Waals surface area (Å²) in [5.41, 5.74) is 5.01. The van der Waals surface area contributed by atoms with Crippen LogP contribution in [0.1, 0.15) is 42.9 Å². The number of aliphatic carboxylic acids is 2. The average molecular weight is 458 g/mol. The topological polar surface area (TPSA) is 77.8 Å². The van der Waals surface area contributed by atoms with E-state index in [1.165, 1.54) is 21.6 Å². The second-order valence-electron chi connectivity index (χ2n) is 7.87. The molecule has 32 heavy (non-hydrogen) atoms. The lowest BCUT2D eigenvalue weighted by Crippen LogP contribution is -2.12. The van der Waals surface area contributed by atoms with Crippen LogP contribution in [0.15, 0.2) is 64.4 Å². The number of fused-ring (bicyclic) bond motifs is 2. The molecular formula is C25H28FNO4S. The molecule has 1 aliphatic rings. The highest BCUT2D eigenvalue weighted by molar-refractivity contribution is 7.99. The zero-order chi connectivity index (χ0) is 23.8. The molecule has 0 fully saturated rings. The molecule has 0 amide bonds. The normalized spacial score (nSPS) is 13.7.